The SMILES string of the molecule is CC(C)S(=O)(=O)Nc1ccsc1-c1ccc(-c2c(NS(=O)(=O)C(C)C)cccc2C(=O)O)cc1. The first kappa shape index (κ1) is 25.7. The Morgan fingerprint density at radius 3 is 1.85 bits per heavy atom. The monoisotopic (exact) mass is 522 g/mol. The van der Waals surface area contributed by atoms with E-state index in [9.17, 15) is 26.7 Å². The van der Waals surface area contributed by atoms with Crippen molar-refractivity contribution >= 4 is 48.7 Å². The van der Waals surface area contributed by atoms with Crippen LogP contribution in [0, 0.1) is 0 Å². The van der Waals surface area contributed by atoms with E-state index < -0.39 is 36.5 Å². The van der Waals surface area contributed by atoms with Crippen molar-refractivity contribution < 1.29 is 26.7 Å². The summed E-state index contributed by atoms with van der Waals surface area (Å²) >= 11 is 1.37. The average Bonchev–Trinajstić information content (AvgIpc) is 3.20. The van der Waals surface area contributed by atoms with Gasteiger partial charge in [0, 0.05) is 5.56 Å². The van der Waals surface area contributed by atoms with Crippen LogP contribution in [-0.4, -0.2) is 38.4 Å². The Morgan fingerprint density at radius 2 is 1.32 bits per heavy atom. The minimum atomic E-state index is -3.70. The lowest BCUT2D eigenvalue weighted by Crippen LogP contribution is -2.23. The highest BCUT2D eigenvalue weighted by atomic mass is 32.2. The Bertz CT molecular complexity index is 1410. The van der Waals surface area contributed by atoms with Gasteiger partial charge in [0.25, 0.3) is 0 Å². The molecule has 0 saturated carbocycles. The Hall–Kier alpha value is -2.89. The fourth-order valence-electron chi connectivity index (χ4n) is 3.07. The van der Waals surface area contributed by atoms with Crippen molar-refractivity contribution in [1.82, 2.24) is 0 Å². The summed E-state index contributed by atoms with van der Waals surface area (Å²) in [7, 11) is -7.23. The molecule has 0 unspecified atom stereocenters. The van der Waals surface area contributed by atoms with Crippen LogP contribution in [0.3, 0.4) is 0 Å². The third-order valence-electron chi connectivity index (χ3n) is 5.14. The standard InChI is InChI=1S/C23H26N2O6S3/c1-14(2)33(28,29)24-19-7-5-6-18(23(26)27)21(19)16-8-10-17(11-9-16)22-20(12-13-32-22)25-34(30,31)15(3)4/h5-15,24-25H,1-4H3,(H,26,27). The molecule has 0 atom stereocenters. The average molecular weight is 523 g/mol. The summed E-state index contributed by atoms with van der Waals surface area (Å²) in [6.07, 6.45) is 0. The lowest BCUT2D eigenvalue weighted by atomic mass is 9.96. The maximum absolute atomic E-state index is 12.5. The van der Waals surface area contributed by atoms with E-state index in [-0.39, 0.29) is 16.8 Å². The molecule has 0 amide bonds. The van der Waals surface area contributed by atoms with Crippen LogP contribution in [0.1, 0.15) is 38.1 Å². The summed E-state index contributed by atoms with van der Waals surface area (Å²) in [5, 5.41) is 10.2. The normalized spacial score (nSPS) is 12.2. The van der Waals surface area contributed by atoms with Gasteiger partial charge in [0.1, 0.15) is 0 Å². The molecule has 0 aliphatic rings. The van der Waals surface area contributed by atoms with Gasteiger partial charge in [0.05, 0.1) is 32.3 Å². The minimum absolute atomic E-state index is 0.0433. The quantitative estimate of drug-likeness (QED) is 0.359. The summed E-state index contributed by atoms with van der Waals surface area (Å²) in [6, 6.07) is 13.0. The first-order valence-electron chi connectivity index (χ1n) is 10.4. The summed E-state index contributed by atoms with van der Waals surface area (Å²) in [6.45, 7) is 6.25. The number of carboxylic acids is 1. The summed E-state index contributed by atoms with van der Waals surface area (Å²) in [5.41, 5.74) is 2.07. The molecular formula is C23H26N2O6S3. The zero-order valence-corrected chi connectivity index (χ0v) is 21.5. The molecule has 0 fully saturated rings. The highest BCUT2D eigenvalue weighted by molar-refractivity contribution is 7.93. The van der Waals surface area contributed by atoms with Gasteiger partial charge in [-0.15, -0.1) is 11.3 Å². The largest absolute Gasteiger partial charge is 0.478 e. The van der Waals surface area contributed by atoms with Crippen molar-refractivity contribution in [3.8, 4) is 21.6 Å². The van der Waals surface area contributed by atoms with Gasteiger partial charge in [0.15, 0.2) is 0 Å². The molecule has 0 spiro atoms. The van der Waals surface area contributed by atoms with E-state index in [2.05, 4.69) is 9.44 Å². The van der Waals surface area contributed by atoms with Crippen molar-refractivity contribution in [1.29, 1.82) is 0 Å². The lowest BCUT2D eigenvalue weighted by Gasteiger charge is -2.17. The van der Waals surface area contributed by atoms with Gasteiger partial charge in [0.2, 0.25) is 20.0 Å². The van der Waals surface area contributed by atoms with E-state index in [4.69, 9.17) is 0 Å². The number of benzene rings is 2. The molecule has 0 radical (unpaired) electrons. The smallest absolute Gasteiger partial charge is 0.336 e. The van der Waals surface area contributed by atoms with Gasteiger partial charge in [-0.2, -0.15) is 0 Å². The molecule has 0 bridgehead atoms. The number of hydrogen-bond acceptors (Lipinski definition) is 6. The number of anilines is 2. The predicted molar refractivity (Wildman–Crippen MR) is 138 cm³/mol. The summed E-state index contributed by atoms with van der Waals surface area (Å²) in [5.74, 6) is -1.19. The minimum Gasteiger partial charge on any atom is -0.478 e. The fourth-order valence-corrected chi connectivity index (χ4v) is 5.42. The predicted octanol–water partition coefficient (Wildman–Crippen LogP) is 5.08. The Labute approximate surface area is 203 Å². The third kappa shape index (κ3) is 5.43. The highest BCUT2D eigenvalue weighted by Gasteiger charge is 2.22. The van der Waals surface area contributed by atoms with E-state index in [0.717, 1.165) is 5.56 Å². The molecular weight excluding hydrogens is 496 g/mol. The number of carboxylic acid groups (broad SMARTS) is 1. The van der Waals surface area contributed by atoms with E-state index in [1.165, 1.54) is 43.4 Å². The van der Waals surface area contributed by atoms with Gasteiger partial charge in [-0.1, -0.05) is 30.3 Å². The molecule has 34 heavy (non-hydrogen) atoms. The Balaban J connectivity index is 2.05. The number of hydrogen-bond donors (Lipinski definition) is 3. The number of thiophene rings is 1. The van der Waals surface area contributed by atoms with Crippen LogP contribution < -0.4 is 9.44 Å². The number of nitrogens with one attached hydrogen (secondary N) is 2. The maximum Gasteiger partial charge on any atom is 0.336 e. The molecule has 1 heterocycles. The number of rotatable bonds is 9. The molecule has 0 aliphatic heterocycles. The molecule has 182 valence electrons. The van der Waals surface area contributed by atoms with Gasteiger partial charge in [-0.05, 0) is 62.4 Å². The van der Waals surface area contributed by atoms with Gasteiger partial charge in [-0.25, -0.2) is 21.6 Å². The molecule has 1 aromatic heterocycles. The van der Waals surface area contributed by atoms with Gasteiger partial charge < -0.3 is 5.11 Å². The molecule has 3 aromatic rings. The van der Waals surface area contributed by atoms with Crippen molar-refractivity contribution in [2.24, 2.45) is 0 Å². The second-order valence-electron chi connectivity index (χ2n) is 8.17. The summed E-state index contributed by atoms with van der Waals surface area (Å²) in [4.78, 5) is 12.6. The van der Waals surface area contributed by atoms with E-state index in [1.54, 1.807) is 49.6 Å². The van der Waals surface area contributed by atoms with Crippen LogP contribution in [0.25, 0.3) is 21.6 Å². The first-order chi connectivity index (χ1) is 15.8. The van der Waals surface area contributed by atoms with E-state index in [0.29, 0.717) is 16.1 Å². The second kappa shape index (κ2) is 9.77. The Morgan fingerprint density at radius 1 is 0.794 bits per heavy atom. The van der Waals surface area contributed by atoms with Crippen molar-refractivity contribution in [3.63, 3.8) is 0 Å². The molecule has 0 saturated heterocycles. The van der Waals surface area contributed by atoms with Crippen molar-refractivity contribution in [2.45, 2.75) is 38.2 Å². The Kier molecular flexibility index (Phi) is 7.39. The van der Waals surface area contributed by atoms with Crippen LogP contribution in [-0.2, 0) is 20.0 Å². The van der Waals surface area contributed by atoms with Crippen LogP contribution in [0.5, 0.6) is 0 Å². The molecule has 8 nitrogen and oxygen atoms in total. The van der Waals surface area contributed by atoms with E-state index >= 15 is 0 Å². The molecule has 3 rings (SSSR count). The zero-order valence-electron chi connectivity index (χ0n) is 19.1. The summed E-state index contributed by atoms with van der Waals surface area (Å²) < 4.78 is 54.6. The number of sulfonamides is 2. The number of carbonyl (C=O) groups is 1. The van der Waals surface area contributed by atoms with Crippen molar-refractivity contribution in [3.05, 3.63) is 59.5 Å². The fraction of sp³-hybridized carbons (Fsp3) is 0.261. The highest BCUT2D eigenvalue weighted by Crippen LogP contribution is 2.38. The van der Waals surface area contributed by atoms with Crippen LogP contribution >= 0.6 is 11.3 Å². The maximum atomic E-state index is 12.5. The van der Waals surface area contributed by atoms with Crippen molar-refractivity contribution in [2.75, 3.05) is 9.44 Å². The molecule has 2 aromatic carbocycles. The van der Waals surface area contributed by atoms with Gasteiger partial charge in [-0.3, -0.25) is 9.44 Å². The third-order valence-corrected chi connectivity index (χ3v) is 9.60. The van der Waals surface area contributed by atoms with E-state index in [1.807, 2.05) is 0 Å². The molecule has 3 N–H and O–H groups in total. The lowest BCUT2D eigenvalue weighted by molar-refractivity contribution is 0.0697. The topological polar surface area (TPSA) is 130 Å². The number of aromatic carboxylic acids is 1. The second-order valence-corrected chi connectivity index (χ2v) is 13.6. The first-order valence-corrected chi connectivity index (χ1v) is 14.4. The molecule has 0 aliphatic carbocycles. The van der Waals surface area contributed by atoms with Crippen LogP contribution in [0.15, 0.2) is 53.9 Å². The van der Waals surface area contributed by atoms with Gasteiger partial charge >= 0.3 is 5.97 Å². The van der Waals surface area contributed by atoms with Crippen LogP contribution in [0.4, 0.5) is 11.4 Å². The zero-order chi connectivity index (χ0) is 25.3. The molecule has 11 heteroatoms. The van der Waals surface area contributed by atoms with Crippen LogP contribution in [0.2, 0.25) is 0 Å².